The minimum absolute atomic E-state index is 0.107. The molecular weight excluding hydrogens is 630 g/mol. The van der Waals surface area contributed by atoms with Crippen LogP contribution < -0.4 is 9.47 Å². The van der Waals surface area contributed by atoms with Gasteiger partial charge in [0.05, 0.1) is 11.6 Å². The van der Waals surface area contributed by atoms with Gasteiger partial charge in [0.2, 0.25) is 0 Å². The lowest BCUT2D eigenvalue weighted by Crippen LogP contribution is -2.44. The van der Waals surface area contributed by atoms with Crippen LogP contribution in [0.25, 0.3) is 0 Å². The summed E-state index contributed by atoms with van der Waals surface area (Å²) in [7, 11) is 3.31. The van der Waals surface area contributed by atoms with E-state index < -0.39 is 5.92 Å². The average molecular weight is 671 g/mol. The number of methoxy groups -OCH3 is 2. The Hall–Kier alpha value is -2.61. The van der Waals surface area contributed by atoms with E-state index in [1.54, 1.807) is 14.2 Å². The zero-order valence-electron chi connectivity index (χ0n) is 25.9. The van der Waals surface area contributed by atoms with Gasteiger partial charge in [0, 0.05) is 66.6 Å². The number of nitrogens with zero attached hydrogens (tertiary/aromatic N) is 1. The highest BCUT2D eigenvalue weighted by Crippen LogP contribution is 2.55. The molecule has 3 aliphatic rings. The van der Waals surface area contributed by atoms with E-state index in [2.05, 4.69) is 48.5 Å². The van der Waals surface area contributed by atoms with E-state index in [0.29, 0.717) is 53.6 Å². The summed E-state index contributed by atoms with van der Waals surface area (Å²) in [6.45, 7) is 10.3. The van der Waals surface area contributed by atoms with Gasteiger partial charge in [-0.3, -0.25) is 9.59 Å². The largest absolute Gasteiger partial charge is 0.493 e. The Morgan fingerprint density at radius 1 is 0.907 bits per heavy atom. The van der Waals surface area contributed by atoms with Crippen LogP contribution in [0.3, 0.4) is 0 Å². The number of benzene rings is 2. The van der Waals surface area contributed by atoms with Crippen LogP contribution in [0.2, 0.25) is 5.02 Å². The molecule has 1 heterocycles. The third-order valence-corrected chi connectivity index (χ3v) is 9.47. The third-order valence-electron chi connectivity index (χ3n) is 8.63. The number of halogens is 2. The first kappa shape index (κ1) is 31.8. The highest BCUT2D eigenvalue weighted by atomic mass is 79.9. The number of carbonyl (C=O) groups excluding carboxylic acids is 2. The monoisotopic (exact) mass is 669 g/mol. The van der Waals surface area contributed by atoms with Crippen molar-refractivity contribution in [1.82, 2.24) is 4.90 Å². The summed E-state index contributed by atoms with van der Waals surface area (Å²) >= 11 is 9.78. The third kappa shape index (κ3) is 6.59. The molecule has 2 aromatic carbocycles. The summed E-state index contributed by atoms with van der Waals surface area (Å²) in [5.41, 5.74) is 5.04. The summed E-state index contributed by atoms with van der Waals surface area (Å²) in [5, 5.41) is 0.667. The summed E-state index contributed by atoms with van der Waals surface area (Å²) in [4.78, 5) is 30.5. The van der Waals surface area contributed by atoms with Crippen molar-refractivity contribution >= 4 is 39.1 Å². The van der Waals surface area contributed by atoms with Gasteiger partial charge in [0.15, 0.2) is 23.1 Å². The first-order valence-corrected chi connectivity index (χ1v) is 16.0. The highest BCUT2D eigenvalue weighted by Gasteiger charge is 2.49. The molecule has 230 valence electrons. The molecule has 5 rings (SSSR count). The van der Waals surface area contributed by atoms with Crippen molar-refractivity contribution in [1.29, 1.82) is 0 Å². The van der Waals surface area contributed by atoms with Gasteiger partial charge in [-0.05, 0) is 81.4 Å². The van der Waals surface area contributed by atoms with Crippen molar-refractivity contribution in [2.75, 3.05) is 27.4 Å². The average Bonchev–Trinajstić information content (AvgIpc) is 2.92. The fourth-order valence-electron chi connectivity index (χ4n) is 6.80. The Bertz CT molecular complexity index is 1440. The van der Waals surface area contributed by atoms with E-state index in [4.69, 9.17) is 25.8 Å². The molecule has 2 aromatic rings. The molecule has 43 heavy (non-hydrogen) atoms. The molecule has 0 saturated heterocycles. The molecule has 8 heteroatoms. The van der Waals surface area contributed by atoms with E-state index in [0.717, 1.165) is 52.9 Å². The second-order valence-electron chi connectivity index (χ2n) is 13.5. The second kappa shape index (κ2) is 12.4. The number of hydrogen-bond acceptors (Lipinski definition) is 6. The lowest BCUT2D eigenvalue weighted by Gasteiger charge is -2.49. The standard InChI is InChI=1S/C35H41BrClNO5/c1-34(2)16-25-31(27(39)18-34)30(32-26(38(25)12-7-13-41-5)17-35(3,4)19-28(32)40)22-14-24(36)33(29(15-22)42-6)43-20-21-8-10-23(37)11-9-21/h8-11,14-15,30H,7,12-13,16-20H2,1-6H3. The van der Waals surface area contributed by atoms with Crippen LogP contribution in [0.5, 0.6) is 11.5 Å². The molecule has 0 atom stereocenters. The van der Waals surface area contributed by atoms with Crippen LogP contribution in [0.4, 0.5) is 0 Å². The summed E-state index contributed by atoms with van der Waals surface area (Å²) in [6.07, 6.45) is 3.22. The predicted octanol–water partition coefficient (Wildman–Crippen LogP) is 8.41. The van der Waals surface area contributed by atoms with Gasteiger partial charge < -0.3 is 19.1 Å². The molecular formula is C35H41BrClNO5. The van der Waals surface area contributed by atoms with Crippen LogP contribution in [-0.4, -0.2) is 43.8 Å². The lowest BCUT2D eigenvalue weighted by atomic mass is 9.63. The van der Waals surface area contributed by atoms with Gasteiger partial charge in [-0.2, -0.15) is 0 Å². The zero-order valence-corrected chi connectivity index (χ0v) is 28.3. The molecule has 6 nitrogen and oxygen atoms in total. The number of allylic oxidation sites excluding steroid dienone is 4. The molecule has 0 fully saturated rings. The lowest BCUT2D eigenvalue weighted by molar-refractivity contribution is -0.119. The quantitative estimate of drug-likeness (QED) is 0.250. The smallest absolute Gasteiger partial charge is 0.175 e. The predicted molar refractivity (Wildman–Crippen MR) is 173 cm³/mol. The summed E-state index contributed by atoms with van der Waals surface area (Å²) < 4.78 is 18.2. The maximum Gasteiger partial charge on any atom is 0.175 e. The summed E-state index contributed by atoms with van der Waals surface area (Å²) in [5.74, 6) is 0.850. The Labute approximate surface area is 268 Å². The fourth-order valence-corrected chi connectivity index (χ4v) is 7.50. The molecule has 2 aliphatic carbocycles. The number of rotatable bonds is 9. The molecule has 0 bridgehead atoms. The number of hydrogen-bond donors (Lipinski definition) is 0. The Kier molecular flexibility index (Phi) is 9.18. The van der Waals surface area contributed by atoms with Gasteiger partial charge in [0.1, 0.15) is 6.61 Å². The molecule has 0 spiro atoms. The van der Waals surface area contributed by atoms with E-state index in [1.807, 2.05) is 36.4 Å². The van der Waals surface area contributed by atoms with Crippen LogP contribution in [0.15, 0.2) is 63.4 Å². The molecule has 0 unspecified atom stereocenters. The molecule has 0 N–H and O–H groups in total. The number of ether oxygens (including phenoxy) is 3. The van der Waals surface area contributed by atoms with Crippen molar-refractivity contribution in [2.45, 2.75) is 72.3 Å². The molecule has 0 saturated carbocycles. The van der Waals surface area contributed by atoms with Crippen molar-refractivity contribution in [3.8, 4) is 11.5 Å². The second-order valence-corrected chi connectivity index (χ2v) is 14.8. The Morgan fingerprint density at radius 3 is 2.02 bits per heavy atom. The maximum atomic E-state index is 14.1. The van der Waals surface area contributed by atoms with E-state index >= 15 is 0 Å². The van der Waals surface area contributed by atoms with Crippen molar-refractivity contribution in [3.63, 3.8) is 0 Å². The van der Waals surface area contributed by atoms with Crippen molar-refractivity contribution < 1.29 is 23.8 Å². The molecule has 1 aliphatic heterocycles. The van der Waals surface area contributed by atoms with Gasteiger partial charge in [-0.15, -0.1) is 0 Å². The van der Waals surface area contributed by atoms with Crippen LogP contribution in [-0.2, 0) is 20.9 Å². The first-order chi connectivity index (χ1) is 20.3. The summed E-state index contributed by atoms with van der Waals surface area (Å²) in [6, 6.07) is 11.4. The van der Waals surface area contributed by atoms with E-state index in [9.17, 15) is 9.59 Å². The van der Waals surface area contributed by atoms with Crippen LogP contribution >= 0.6 is 27.5 Å². The maximum absolute atomic E-state index is 14.1. The van der Waals surface area contributed by atoms with Crippen molar-refractivity contribution in [2.24, 2.45) is 10.8 Å². The molecule has 0 amide bonds. The topological polar surface area (TPSA) is 65.1 Å². The number of carbonyl (C=O) groups is 2. The fraction of sp³-hybridized carbons (Fsp3) is 0.486. The SMILES string of the molecule is COCCCN1C2=C(C(=O)CC(C)(C)C2)C(c2cc(Br)c(OCc3ccc(Cl)cc3)c(OC)c2)C2=C1CC(C)(C)CC2=O. The number of ketones is 2. The minimum atomic E-state index is -0.466. The molecule has 0 radical (unpaired) electrons. The van der Waals surface area contributed by atoms with Crippen LogP contribution in [0, 0.1) is 10.8 Å². The van der Waals surface area contributed by atoms with Gasteiger partial charge in [-0.1, -0.05) is 51.4 Å². The van der Waals surface area contributed by atoms with Gasteiger partial charge >= 0.3 is 0 Å². The van der Waals surface area contributed by atoms with Crippen molar-refractivity contribution in [3.05, 3.63) is 79.6 Å². The number of Topliss-reactive ketones (excluding diaryl/α,β-unsaturated/α-hetero) is 2. The minimum Gasteiger partial charge on any atom is -0.493 e. The van der Waals surface area contributed by atoms with Gasteiger partial charge in [-0.25, -0.2) is 0 Å². The first-order valence-electron chi connectivity index (χ1n) is 14.9. The Morgan fingerprint density at radius 2 is 1.49 bits per heavy atom. The Balaban J connectivity index is 1.64. The van der Waals surface area contributed by atoms with E-state index in [-0.39, 0.29) is 22.4 Å². The molecule has 0 aromatic heterocycles. The highest BCUT2D eigenvalue weighted by molar-refractivity contribution is 9.10. The van der Waals surface area contributed by atoms with E-state index in [1.165, 1.54) is 0 Å². The zero-order chi connectivity index (χ0) is 31.1. The normalized spacial score (nSPS) is 19.9. The van der Waals surface area contributed by atoms with Gasteiger partial charge in [0.25, 0.3) is 0 Å². The van der Waals surface area contributed by atoms with Crippen LogP contribution in [0.1, 0.15) is 76.8 Å².